The van der Waals surface area contributed by atoms with Crippen molar-refractivity contribution >= 4 is 23.0 Å². The van der Waals surface area contributed by atoms with Gasteiger partial charge >= 0.3 is 0 Å². The van der Waals surface area contributed by atoms with Gasteiger partial charge in [-0.1, -0.05) is 18.9 Å². The number of fused-ring (bicyclic) bond motifs is 1. The Kier molecular flexibility index (Phi) is 5.21. The Labute approximate surface area is 117 Å². The van der Waals surface area contributed by atoms with Crippen LogP contribution in [0.15, 0.2) is 30.6 Å². The van der Waals surface area contributed by atoms with Crippen molar-refractivity contribution in [1.29, 1.82) is 0 Å². The summed E-state index contributed by atoms with van der Waals surface area (Å²) in [5.41, 5.74) is 1.46. The first-order chi connectivity index (χ1) is 9.33. The van der Waals surface area contributed by atoms with E-state index in [0.29, 0.717) is 12.1 Å². The average Bonchev–Trinajstić information content (AvgIpc) is 2.86. The molecule has 0 aliphatic heterocycles. The molecule has 2 heterocycles. The molecule has 0 aliphatic carbocycles. The number of hydrogen-bond acceptors (Lipinski definition) is 2. The van der Waals surface area contributed by atoms with Gasteiger partial charge in [0.15, 0.2) is 0 Å². The molecule has 1 amide bonds. The summed E-state index contributed by atoms with van der Waals surface area (Å²) in [6.07, 6.45) is 7.69. The maximum atomic E-state index is 12.0. The molecule has 0 aliphatic rings. The first-order valence-corrected chi connectivity index (χ1v) is 7.13. The van der Waals surface area contributed by atoms with Crippen molar-refractivity contribution in [1.82, 2.24) is 14.9 Å². The van der Waals surface area contributed by atoms with Gasteiger partial charge in [-0.3, -0.25) is 4.79 Å². The quantitative estimate of drug-likeness (QED) is 0.626. The number of aromatic nitrogens is 2. The molecular weight excluding hydrogens is 262 g/mol. The molecule has 1 N–H and O–H groups in total. The third-order valence-electron chi connectivity index (χ3n) is 3.02. The monoisotopic (exact) mass is 279 g/mol. The molecule has 4 nitrogen and oxygen atoms in total. The molecule has 0 radical (unpaired) electrons. The fraction of sp³-hybridized carbons (Fsp3) is 0.429. The predicted molar refractivity (Wildman–Crippen MR) is 76.7 cm³/mol. The van der Waals surface area contributed by atoms with Crippen molar-refractivity contribution < 1.29 is 4.79 Å². The summed E-state index contributed by atoms with van der Waals surface area (Å²) in [5, 5.41) is 7.08. The van der Waals surface area contributed by atoms with Crippen LogP contribution in [0.25, 0.3) is 5.52 Å². The van der Waals surface area contributed by atoms with Crippen LogP contribution in [0, 0.1) is 0 Å². The van der Waals surface area contributed by atoms with Gasteiger partial charge in [-0.05, 0) is 25.0 Å². The summed E-state index contributed by atoms with van der Waals surface area (Å²) in [5.74, 6) is 0.660. The van der Waals surface area contributed by atoms with E-state index in [9.17, 15) is 4.79 Å². The Morgan fingerprint density at radius 1 is 1.26 bits per heavy atom. The van der Waals surface area contributed by atoms with Crippen LogP contribution in [0.5, 0.6) is 0 Å². The zero-order valence-corrected chi connectivity index (χ0v) is 11.6. The molecule has 2 aromatic heterocycles. The van der Waals surface area contributed by atoms with Crippen molar-refractivity contribution in [3.63, 3.8) is 0 Å². The molecule has 2 rings (SSSR count). The Bertz CT molecular complexity index is 538. The number of alkyl halides is 1. The highest BCUT2D eigenvalue weighted by atomic mass is 35.5. The van der Waals surface area contributed by atoms with Crippen LogP contribution in [0.4, 0.5) is 0 Å². The topological polar surface area (TPSA) is 46.4 Å². The minimum Gasteiger partial charge on any atom is -0.352 e. The van der Waals surface area contributed by atoms with Gasteiger partial charge in [0.1, 0.15) is 0 Å². The summed E-state index contributed by atoms with van der Waals surface area (Å²) >= 11 is 5.61. The molecule has 0 saturated heterocycles. The summed E-state index contributed by atoms with van der Waals surface area (Å²) in [4.78, 5) is 12.0. The Balaban J connectivity index is 1.83. The smallest absolute Gasteiger partial charge is 0.255 e. The number of hydrogen-bond donors (Lipinski definition) is 1. The van der Waals surface area contributed by atoms with E-state index in [1.54, 1.807) is 10.7 Å². The molecule has 0 unspecified atom stereocenters. The van der Waals surface area contributed by atoms with Gasteiger partial charge in [0.25, 0.3) is 5.91 Å². The van der Waals surface area contributed by atoms with Gasteiger partial charge in [-0.2, -0.15) is 5.10 Å². The second-order valence-corrected chi connectivity index (χ2v) is 4.83. The van der Waals surface area contributed by atoms with Crippen molar-refractivity contribution in [2.24, 2.45) is 0 Å². The van der Waals surface area contributed by atoms with Gasteiger partial charge < -0.3 is 5.32 Å². The number of carbonyl (C=O) groups excluding carboxylic acids is 1. The number of rotatable bonds is 7. The largest absolute Gasteiger partial charge is 0.352 e. The van der Waals surface area contributed by atoms with Gasteiger partial charge in [0, 0.05) is 18.6 Å². The SMILES string of the molecule is O=C(NCCCCCCCl)c1cnn2ccccc12. The van der Waals surface area contributed by atoms with E-state index in [0.717, 1.165) is 37.1 Å². The van der Waals surface area contributed by atoms with Crippen LogP contribution in [0.2, 0.25) is 0 Å². The number of carbonyl (C=O) groups is 1. The van der Waals surface area contributed by atoms with E-state index in [1.807, 2.05) is 24.4 Å². The lowest BCUT2D eigenvalue weighted by Crippen LogP contribution is -2.24. The van der Waals surface area contributed by atoms with E-state index in [2.05, 4.69) is 10.4 Å². The summed E-state index contributed by atoms with van der Waals surface area (Å²) in [7, 11) is 0. The van der Waals surface area contributed by atoms with E-state index in [-0.39, 0.29) is 5.91 Å². The normalized spacial score (nSPS) is 10.8. The van der Waals surface area contributed by atoms with Crippen LogP contribution in [-0.4, -0.2) is 27.9 Å². The molecule has 0 spiro atoms. The van der Waals surface area contributed by atoms with Gasteiger partial charge in [0.2, 0.25) is 0 Å². The highest BCUT2D eigenvalue weighted by molar-refractivity contribution is 6.17. The third-order valence-corrected chi connectivity index (χ3v) is 3.28. The highest BCUT2D eigenvalue weighted by Crippen LogP contribution is 2.09. The van der Waals surface area contributed by atoms with Crippen LogP contribution in [-0.2, 0) is 0 Å². The molecule has 102 valence electrons. The maximum Gasteiger partial charge on any atom is 0.255 e. The summed E-state index contributed by atoms with van der Waals surface area (Å²) in [6.45, 7) is 0.700. The first-order valence-electron chi connectivity index (χ1n) is 6.59. The lowest BCUT2D eigenvalue weighted by atomic mass is 10.2. The Hall–Kier alpha value is -1.55. The molecular formula is C14H18ClN3O. The molecule has 0 aromatic carbocycles. The summed E-state index contributed by atoms with van der Waals surface area (Å²) in [6, 6.07) is 5.68. The number of halogens is 1. The van der Waals surface area contributed by atoms with Crippen LogP contribution in [0.3, 0.4) is 0 Å². The molecule has 5 heteroatoms. The lowest BCUT2D eigenvalue weighted by Gasteiger charge is -2.03. The van der Waals surface area contributed by atoms with Crippen LogP contribution < -0.4 is 5.32 Å². The Morgan fingerprint density at radius 3 is 2.95 bits per heavy atom. The first kappa shape index (κ1) is 13.9. The van der Waals surface area contributed by atoms with E-state index >= 15 is 0 Å². The van der Waals surface area contributed by atoms with E-state index in [4.69, 9.17) is 11.6 Å². The van der Waals surface area contributed by atoms with Gasteiger partial charge in [0.05, 0.1) is 17.3 Å². The second-order valence-electron chi connectivity index (χ2n) is 4.45. The van der Waals surface area contributed by atoms with E-state index in [1.165, 1.54) is 0 Å². The zero-order chi connectivity index (χ0) is 13.5. The zero-order valence-electron chi connectivity index (χ0n) is 10.8. The number of amides is 1. The van der Waals surface area contributed by atoms with Crippen molar-refractivity contribution in [3.8, 4) is 0 Å². The second kappa shape index (κ2) is 7.14. The Morgan fingerprint density at radius 2 is 2.11 bits per heavy atom. The number of unbranched alkanes of at least 4 members (excludes halogenated alkanes) is 3. The van der Waals surface area contributed by atoms with E-state index < -0.39 is 0 Å². The summed E-state index contributed by atoms with van der Waals surface area (Å²) < 4.78 is 1.70. The van der Waals surface area contributed by atoms with Gasteiger partial charge in [-0.15, -0.1) is 11.6 Å². The fourth-order valence-corrected chi connectivity index (χ4v) is 2.17. The number of nitrogens with one attached hydrogen (secondary N) is 1. The maximum absolute atomic E-state index is 12.0. The number of pyridine rings is 1. The molecule has 0 saturated carbocycles. The average molecular weight is 280 g/mol. The molecule has 0 atom stereocenters. The predicted octanol–water partition coefficient (Wildman–Crippen LogP) is 2.86. The molecule has 0 bridgehead atoms. The van der Waals surface area contributed by atoms with Crippen LogP contribution in [0.1, 0.15) is 36.0 Å². The minimum absolute atomic E-state index is 0.0569. The van der Waals surface area contributed by atoms with Crippen molar-refractivity contribution in [2.45, 2.75) is 25.7 Å². The van der Waals surface area contributed by atoms with Gasteiger partial charge in [-0.25, -0.2) is 4.52 Å². The van der Waals surface area contributed by atoms with Crippen LogP contribution >= 0.6 is 11.6 Å². The third kappa shape index (κ3) is 3.70. The lowest BCUT2D eigenvalue weighted by molar-refractivity contribution is 0.0954. The van der Waals surface area contributed by atoms with Crippen molar-refractivity contribution in [2.75, 3.05) is 12.4 Å². The number of nitrogens with zero attached hydrogens (tertiary/aromatic N) is 2. The molecule has 0 fully saturated rings. The molecule has 19 heavy (non-hydrogen) atoms. The molecule has 2 aromatic rings. The standard InChI is InChI=1S/C14H18ClN3O/c15-8-4-1-2-5-9-16-14(19)12-11-17-18-10-6-3-7-13(12)18/h3,6-7,10-11H,1-2,4-5,8-9H2,(H,16,19). The highest BCUT2D eigenvalue weighted by Gasteiger charge is 2.11. The van der Waals surface area contributed by atoms with Crippen molar-refractivity contribution in [3.05, 3.63) is 36.2 Å². The minimum atomic E-state index is -0.0569. The fourth-order valence-electron chi connectivity index (χ4n) is 1.98.